The maximum Gasteiger partial charge on any atom is 0.261 e. The van der Waals surface area contributed by atoms with Gasteiger partial charge in [-0.2, -0.15) is 0 Å². The summed E-state index contributed by atoms with van der Waals surface area (Å²) in [7, 11) is -1.86. The van der Waals surface area contributed by atoms with E-state index in [2.05, 4.69) is 5.32 Å². The van der Waals surface area contributed by atoms with Gasteiger partial charge in [-0.1, -0.05) is 37.3 Å². The zero-order chi connectivity index (χ0) is 23.1. The lowest BCUT2D eigenvalue weighted by molar-refractivity contribution is -0.128. The van der Waals surface area contributed by atoms with Gasteiger partial charge in [-0.3, -0.25) is 9.10 Å². The summed E-state index contributed by atoms with van der Waals surface area (Å²) in [5.41, 5.74) is 0.517. The van der Waals surface area contributed by atoms with E-state index < -0.39 is 16.1 Å². The normalized spacial score (nSPS) is 12.2. The Labute approximate surface area is 189 Å². The van der Waals surface area contributed by atoms with E-state index in [0.29, 0.717) is 31.0 Å². The molecule has 0 saturated carbocycles. The molecule has 0 spiro atoms. The Morgan fingerprint density at radius 1 is 1.00 bits per heavy atom. The monoisotopic (exact) mass is 456 g/mol. The van der Waals surface area contributed by atoms with Gasteiger partial charge in [0.05, 0.1) is 18.5 Å². The summed E-state index contributed by atoms with van der Waals surface area (Å²) in [5, 5.41) is 5.08. The molecule has 170 valence electrons. The van der Waals surface area contributed by atoms with Crippen LogP contribution >= 0.6 is 0 Å². The molecular formula is C24H28N2O5S. The molecule has 1 N–H and O–H groups in total. The van der Waals surface area contributed by atoms with Crippen molar-refractivity contribution in [2.24, 2.45) is 0 Å². The fourth-order valence-electron chi connectivity index (χ4n) is 3.13. The van der Waals surface area contributed by atoms with Crippen LogP contribution in [-0.2, 0) is 14.8 Å². The molecule has 1 atom stereocenters. The number of amides is 1. The summed E-state index contributed by atoms with van der Waals surface area (Å²) < 4.78 is 36.0. The molecule has 7 nitrogen and oxygen atoms in total. The third-order valence-electron chi connectivity index (χ3n) is 5.03. The van der Waals surface area contributed by atoms with Gasteiger partial charge in [0.1, 0.15) is 18.1 Å². The van der Waals surface area contributed by atoms with Crippen LogP contribution in [-0.4, -0.2) is 46.9 Å². The van der Waals surface area contributed by atoms with Crippen LogP contribution in [0.25, 0.3) is 10.8 Å². The molecule has 0 saturated heterocycles. The van der Waals surface area contributed by atoms with Gasteiger partial charge in [-0.15, -0.1) is 0 Å². The first-order chi connectivity index (χ1) is 15.3. The number of fused-ring (bicyclic) bond motifs is 1. The highest BCUT2D eigenvalue weighted by Gasteiger charge is 2.18. The average molecular weight is 457 g/mol. The van der Waals surface area contributed by atoms with Crippen molar-refractivity contribution in [2.45, 2.75) is 19.4 Å². The lowest BCUT2D eigenvalue weighted by Crippen LogP contribution is -2.39. The van der Waals surface area contributed by atoms with Gasteiger partial charge in [0.2, 0.25) is 10.0 Å². The van der Waals surface area contributed by atoms with Crippen LogP contribution in [0, 0.1) is 0 Å². The Morgan fingerprint density at radius 2 is 1.66 bits per heavy atom. The van der Waals surface area contributed by atoms with Gasteiger partial charge in [-0.25, -0.2) is 8.42 Å². The Hall–Kier alpha value is -3.26. The number of carbonyl (C=O) groups excluding carboxylic acids is 1. The van der Waals surface area contributed by atoms with Gasteiger partial charge in [0.25, 0.3) is 5.91 Å². The number of rotatable bonds is 10. The minimum atomic E-state index is -3.34. The van der Waals surface area contributed by atoms with E-state index in [4.69, 9.17) is 9.47 Å². The highest BCUT2D eigenvalue weighted by Crippen LogP contribution is 2.22. The lowest BCUT2D eigenvalue weighted by Gasteiger charge is -2.19. The van der Waals surface area contributed by atoms with E-state index in [-0.39, 0.29) is 5.91 Å². The number of nitrogens with one attached hydrogen (secondary N) is 1. The molecular weight excluding hydrogens is 428 g/mol. The molecule has 32 heavy (non-hydrogen) atoms. The van der Waals surface area contributed by atoms with Crippen LogP contribution in [0.4, 0.5) is 5.69 Å². The van der Waals surface area contributed by atoms with E-state index in [9.17, 15) is 13.2 Å². The van der Waals surface area contributed by atoms with Crippen molar-refractivity contribution in [3.63, 3.8) is 0 Å². The van der Waals surface area contributed by atoms with Crippen molar-refractivity contribution < 1.29 is 22.7 Å². The van der Waals surface area contributed by atoms with Crippen LogP contribution < -0.4 is 19.1 Å². The van der Waals surface area contributed by atoms with E-state index in [1.54, 1.807) is 24.3 Å². The minimum absolute atomic E-state index is 0.230. The molecule has 1 amide bonds. The van der Waals surface area contributed by atoms with Crippen LogP contribution in [0.3, 0.4) is 0 Å². The summed E-state index contributed by atoms with van der Waals surface area (Å²) in [6, 6.07) is 20.5. The number of ether oxygens (including phenoxy) is 2. The first-order valence-corrected chi connectivity index (χ1v) is 12.2. The summed E-state index contributed by atoms with van der Waals surface area (Å²) >= 11 is 0. The van der Waals surface area contributed by atoms with E-state index in [1.165, 1.54) is 11.4 Å². The summed E-state index contributed by atoms with van der Waals surface area (Å²) in [6.45, 7) is 2.55. The van der Waals surface area contributed by atoms with Crippen LogP contribution in [0.1, 0.15) is 13.3 Å². The molecule has 0 aromatic heterocycles. The summed E-state index contributed by atoms with van der Waals surface area (Å²) in [4.78, 5) is 12.5. The molecule has 0 bridgehead atoms. The molecule has 0 aliphatic rings. The molecule has 0 aliphatic heterocycles. The summed E-state index contributed by atoms with van der Waals surface area (Å²) in [5.74, 6) is 1.01. The third kappa shape index (κ3) is 6.13. The lowest BCUT2D eigenvalue weighted by atomic mass is 10.1. The zero-order valence-electron chi connectivity index (χ0n) is 18.4. The molecule has 0 radical (unpaired) electrons. The maximum absolute atomic E-state index is 12.5. The molecule has 3 aromatic rings. The predicted octanol–water partition coefficient (Wildman–Crippen LogP) is 3.59. The van der Waals surface area contributed by atoms with Crippen LogP contribution in [0.5, 0.6) is 11.5 Å². The molecule has 0 fully saturated rings. The number of hydrogen-bond acceptors (Lipinski definition) is 5. The molecule has 3 aromatic carbocycles. The Balaban J connectivity index is 1.48. The fourth-order valence-corrected chi connectivity index (χ4v) is 3.63. The first-order valence-electron chi connectivity index (χ1n) is 10.4. The highest BCUT2D eigenvalue weighted by atomic mass is 32.2. The second-order valence-electron chi connectivity index (χ2n) is 7.39. The van der Waals surface area contributed by atoms with Gasteiger partial charge < -0.3 is 14.8 Å². The third-order valence-corrected chi connectivity index (χ3v) is 6.24. The number of anilines is 1. The van der Waals surface area contributed by atoms with Crippen molar-refractivity contribution in [2.75, 3.05) is 30.8 Å². The average Bonchev–Trinajstić information content (AvgIpc) is 2.79. The molecule has 0 aliphatic carbocycles. The van der Waals surface area contributed by atoms with E-state index in [1.807, 2.05) is 49.4 Å². The smallest absolute Gasteiger partial charge is 0.261 e. The molecule has 0 unspecified atom stereocenters. The fraction of sp³-hybridized carbons (Fsp3) is 0.292. The standard InChI is InChI=1S/C24H28N2O5S/c1-4-23(31-21-13-10-20(11-14-21)26(2)32(3,28)29)24(27)25-15-16-30-22-12-9-18-7-5-6-8-19(18)17-22/h5-14,17,23H,4,15-16H2,1-3H3,(H,25,27)/t23-/m1/s1. The molecule has 0 heterocycles. The molecule has 8 heteroatoms. The number of benzene rings is 3. The zero-order valence-corrected chi connectivity index (χ0v) is 19.3. The van der Waals surface area contributed by atoms with Crippen molar-refractivity contribution in [1.29, 1.82) is 0 Å². The van der Waals surface area contributed by atoms with Gasteiger partial charge in [0, 0.05) is 7.05 Å². The maximum atomic E-state index is 12.5. The number of hydrogen-bond donors (Lipinski definition) is 1. The van der Waals surface area contributed by atoms with Crippen molar-refractivity contribution >= 4 is 32.4 Å². The van der Waals surface area contributed by atoms with E-state index >= 15 is 0 Å². The van der Waals surface area contributed by atoms with Gasteiger partial charge in [-0.05, 0) is 53.6 Å². The van der Waals surface area contributed by atoms with Crippen molar-refractivity contribution in [1.82, 2.24) is 5.32 Å². The topological polar surface area (TPSA) is 84.9 Å². The Kier molecular flexibility index (Phi) is 7.58. The number of sulfonamides is 1. The summed E-state index contributed by atoms with van der Waals surface area (Å²) in [6.07, 6.45) is 0.968. The second-order valence-corrected chi connectivity index (χ2v) is 9.40. The van der Waals surface area contributed by atoms with Gasteiger partial charge >= 0.3 is 0 Å². The highest BCUT2D eigenvalue weighted by molar-refractivity contribution is 7.92. The SMILES string of the molecule is CC[C@@H](Oc1ccc(N(C)S(C)(=O)=O)cc1)C(=O)NCCOc1ccc2ccccc2c1. The molecule has 3 rings (SSSR count). The van der Waals surface area contributed by atoms with Gasteiger partial charge in [0.15, 0.2) is 6.10 Å². The second kappa shape index (κ2) is 10.4. The Morgan fingerprint density at radius 3 is 2.31 bits per heavy atom. The van der Waals surface area contributed by atoms with E-state index in [0.717, 1.165) is 22.8 Å². The number of carbonyl (C=O) groups is 1. The quantitative estimate of drug-likeness (QED) is 0.471. The largest absolute Gasteiger partial charge is 0.492 e. The Bertz CT molecular complexity index is 1160. The minimum Gasteiger partial charge on any atom is -0.492 e. The van der Waals surface area contributed by atoms with Crippen LogP contribution in [0.15, 0.2) is 66.7 Å². The number of nitrogens with zero attached hydrogens (tertiary/aromatic N) is 1. The van der Waals surface area contributed by atoms with Crippen molar-refractivity contribution in [3.8, 4) is 11.5 Å². The predicted molar refractivity (Wildman–Crippen MR) is 127 cm³/mol. The first kappa shape index (κ1) is 23.4. The van der Waals surface area contributed by atoms with Crippen LogP contribution in [0.2, 0.25) is 0 Å². The van der Waals surface area contributed by atoms with Crippen molar-refractivity contribution in [3.05, 3.63) is 66.7 Å².